The molecule has 1 saturated heterocycles. The van der Waals surface area contributed by atoms with Gasteiger partial charge in [-0.3, -0.25) is 13.7 Å². The first-order valence-electron chi connectivity index (χ1n) is 5.51. The number of hydrogen-bond donors (Lipinski definition) is 7. The van der Waals surface area contributed by atoms with E-state index in [2.05, 4.69) is 9.26 Å². The van der Waals surface area contributed by atoms with Crippen LogP contribution in [-0.2, 0) is 18.4 Å². The SMILES string of the molecule is O=P(O)(O)C(F)(F)P(=O)(O)OC1O[C@H](CO)[C@H](O)[C@H](O)[C@H]1O. The fraction of sp³-hybridized carbons (Fsp3) is 1.00. The highest BCUT2D eigenvalue weighted by Crippen LogP contribution is 2.73. The standard InChI is InChI=1S/C7H14F2O11P2/c8-7(9,21(14,15)16)22(17,18)20-6-5(13)4(12)3(11)2(1-10)19-6/h2-6,10-13H,1H2,(H,17,18)(H2,14,15,16)/t2-,3+,4+,5-,6?/m1/s1. The topological polar surface area (TPSA) is 194 Å². The first kappa shape index (κ1) is 20.0. The van der Waals surface area contributed by atoms with Gasteiger partial charge in [0, 0.05) is 0 Å². The zero-order valence-corrected chi connectivity index (χ0v) is 12.3. The lowest BCUT2D eigenvalue weighted by Crippen LogP contribution is -2.59. The van der Waals surface area contributed by atoms with Crippen LogP contribution in [-0.4, -0.2) is 77.8 Å². The van der Waals surface area contributed by atoms with Crippen molar-refractivity contribution in [2.45, 2.75) is 36.1 Å². The largest absolute Gasteiger partial charge is 0.443 e. The average Bonchev–Trinajstić information content (AvgIpc) is 2.37. The highest BCUT2D eigenvalue weighted by Gasteiger charge is 2.66. The summed E-state index contributed by atoms with van der Waals surface area (Å²) in [6, 6.07) is 0. The van der Waals surface area contributed by atoms with E-state index < -0.39 is 57.9 Å². The monoisotopic (exact) mass is 374 g/mol. The summed E-state index contributed by atoms with van der Waals surface area (Å²) in [5.41, 5.74) is 0. The summed E-state index contributed by atoms with van der Waals surface area (Å²) in [7, 11) is -12.8. The molecule has 0 amide bonds. The molecule has 132 valence electrons. The molecule has 0 bridgehead atoms. The van der Waals surface area contributed by atoms with Gasteiger partial charge in [-0.25, -0.2) is 0 Å². The number of rotatable bonds is 5. The van der Waals surface area contributed by atoms with Gasteiger partial charge in [-0.05, 0) is 0 Å². The number of aliphatic hydroxyl groups excluding tert-OH is 4. The number of hydrogen-bond acceptors (Lipinski definition) is 8. The third-order valence-electron chi connectivity index (χ3n) is 2.79. The second-order valence-electron chi connectivity index (χ2n) is 4.38. The van der Waals surface area contributed by atoms with Crippen molar-refractivity contribution in [1.82, 2.24) is 0 Å². The van der Waals surface area contributed by atoms with Gasteiger partial charge in [0.05, 0.1) is 6.61 Å². The second-order valence-corrected chi connectivity index (χ2v) is 8.19. The summed E-state index contributed by atoms with van der Waals surface area (Å²) >= 11 is 0. The molecule has 0 spiro atoms. The minimum atomic E-state index is -6.40. The molecule has 15 heteroatoms. The number of halogens is 2. The molecule has 1 aliphatic heterocycles. The van der Waals surface area contributed by atoms with Crippen LogP contribution >= 0.6 is 15.2 Å². The predicted octanol–water partition coefficient (Wildman–Crippen LogP) is -2.28. The van der Waals surface area contributed by atoms with Gasteiger partial charge >= 0.3 is 20.6 Å². The lowest BCUT2D eigenvalue weighted by molar-refractivity contribution is -0.280. The van der Waals surface area contributed by atoms with Crippen LogP contribution in [0.4, 0.5) is 8.78 Å². The molecule has 0 aromatic carbocycles. The van der Waals surface area contributed by atoms with Crippen molar-refractivity contribution in [3.63, 3.8) is 0 Å². The molecule has 1 fully saturated rings. The van der Waals surface area contributed by atoms with Gasteiger partial charge in [-0.2, -0.15) is 8.78 Å². The van der Waals surface area contributed by atoms with E-state index in [4.69, 9.17) is 19.8 Å². The van der Waals surface area contributed by atoms with Crippen molar-refractivity contribution in [3.8, 4) is 0 Å². The van der Waals surface area contributed by atoms with Crippen LogP contribution in [0.1, 0.15) is 0 Å². The summed E-state index contributed by atoms with van der Waals surface area (Å²) in [5, 5.41) is 31.5. The third-order valence-corrected chi connectivity index (χ3v) is 6.20. The quantitative estimate of drug-likeness (QED) is 0.256. The van der Waals surface area contributed by atoms with E-state index in [9.17, 15) is 33.2 Å². The van der Waals surface area contributed by atoms with Crippen molar-refractivity contribution in [2.24, 2.45) is 0 Å². The van der Waals surface area contributed by atoms with Crippen LogP contribution < -0.4 is 0 Å². The predicted molar refractivity (Wildman–Crippen MR) is 61.7 cm³/mol. The minimum Gasteiger partial charge on any atom is -0.394 e. The Morgan fingerprint density at radius 3 is 1.95 bits per heavy atom. The molecule has 22 heavy (non-hydrogen) atoms. The molecule has 0 saturated carbocycles. The Hall–Kier alpha value is -0.0400. The number of alkyl halides is 2. The fourth-order valence-electron chi connectivity index (χ4n) is 1.52. The maximum absolute atomic E-state index is 13.2. The molecule has 0 aromatic rings. The average molecular weight is 374 g/mol. The maximum atomic E-state index is 13.2. The molecule has 7 N–H and O–H groups in total. The molecule has 2 unspecified atom stereocenters. The van der Waals surface area contributed by atoms with E-state index >= 15 is 0 Å². The molecular weight excluding hydrogens is 360 g/mol. The van der Waals surface area contributed by atoms with E-state index in [1.807, 2.05) is 0 Å². The van der Waals surface area contributed by atoms with Crippen molar-refractivity contribution in [2.75, 3.05) is 6.61 Å². The molecule has 11 nitrogen and oxygen atoms in total. The van der Waals surface area contributed by atoms with Gasteiger partial charge in [0.2, 0.25) is 0 Å². The molecule has 1 heterocycles. The van der Waals surface area contributed by atoms with Crippen LogP contribution in [0, 0.1) is 0 Å². The van der Waals surface area contributed by atoms with Gasteiger partial charge < -0.3 is 39.8 Å². The summed E-state index contributed by atoms with van der Waals surface area (Å²) in [6.07, 6.45) is -10.4. The Balaban J connectivity index is 3.02. The van der Waals surface area contributed by atoms with Gasteiger partial charge in [-0.1, -0.05) is 0 Å². The Morgan fingerprint density at radius 2 is 1.55 bits per heavy atom. The van der Waals surface area contributed by atoms with E-state index in [0.29, 0.717) is 0 Å². The minimum absolute atomic E-state index is 0.977. The Kier molecular flexibility index (Phi) is 5.87. The van der Waals surface area contributed by atoms with Gasteiger partial charge in [0.25, 0.3) is 0 Å². The van der Waals surface area contributed by atoms with E-state index in [1.54, 1.807) is 0 Å². The maximum Gasteiger partial charge on any atom is 0.443 e. The lowest BCUT2D eigenvalue weighted by Gasteiger charge is -2.40. The molecular formula is C7H14F2O11P2. The number of aliphatic hydroxyl groups is 4. The summed E-state index contributed by atoms with van der Waals surface area (Å²) in [4.78, 5) is 25.8. The molecule has 0 radical (unpaired) electrons. The van der Waals surface area contributed by atoms with E-state index in [0.717, 1.165) is 0 Å². The second kappa shape index (κ2) is 6.46. The van der Waals surface area contributed by atoms with Gasteiger partial charge in [-0.15, -0.1) is 0 Å². The fourth-order valence-corrected chi connectivity index (χ4v) is 3.56. The van der Waals surface area contributed by atoms with Gasteiger partial charge in [0.1, 0.15) is 24.4 Å². The lowest BCUT2D eigenvalue weighted by atomic mass is 10.00. The van der Waals surface area contributed by atoms with Crippen LogP contribution in [0.3, 0.4) is 0 Å². The first-order chi connectivity index (χ1) is 9.76. The van der Waals surface area contributed by atoms with Crippen LogP contribution in [0.2, 0.25) is 0 Å². The summed E-state index contributed by atoms with van der Waals surface area (Å²) in [6.45, 7) is -0.977. The van der Waals surface area contributed by atoms with E-state index in [1.165, 1.54) is 0 Å². The van der Waals surface area contributed by atoms with Crippen LogP contribution in [0.5, 0.6) is 0 Å². The summed E-state index contributed by atoms with van der Waals surface area (Å²) in [5.74, 6) is 0. The van der Waals surface area contributed by atoms with Crippen molar-refractivity contribution in [1.29, 1.82) is 0 Å². The zero-order valence-electron chi connectivity index (χ0n) is 10.5. The summed E-state index contributed by atoms with van der Waals surface area (Å²) < 4.78 is 56.8. The normalized spacial score (nSPS) is 36.9. The zero-order chi connectivity index (χ0) is 17.5. The van der Waals surface area contributed by atoms with Crippen molar-refractivity contribution >= 4 is 15.2 Å². The van der Waals surface area contributed by atoms with Crippen LogP contribution in [0.15, 0.2) is 0 Å². The van der Waals surface area contributed by atoms with E-state index in [-0.39, 0.29) is 0 Å². The molecule has 0 aliphatic carbocycles. The Bertz CT molecular complexity index is 493. The Labute approximate surface area is 121 Å². The highest BCUT2D eigenvalue weighted by molar-refractivity contribution is 7.72. The molecule has 0 aromatic heterocycles. The third kappa shape index (κ3) is 3.55. The smallest absolute Gasteiger partial charge is 0.394 e. The Morgan fingerprint density at radius 1 is 1.05 bits per heavy atom. The molecule has 6 atom stereocenters. The van der Waals surface area contributed by atoms with Crippen molar-refractivity contribution in [3.05, 3.63) is 0 Å². The van der Waals surface area contributed by atoms with Crippen LogP contribution in [0.25, 0.3) is 0 Å². The molecule has 1 aliphatic rings. The molecule has 1 rings (SSSR count). The number of ether oxygens (including phenoxy) is 1. The first-order valence-corrected chi connectivity index (χ1v) is 8.70. The highest BCUT2D eigenvalue weighted by atomic mass is 31.2. The van der Waals surface area contributed by atoms with Crippen molar-refractivity contribution < 1.29 is 62.3 Å². The van der Waals surface area contributed by atoms with Gasteiger partial charge in [0.15, 0.2) is 6.29 Å².